The van der Waals surface area contributed by atoms with Crippen molar-refractivity contribution in [2.24, 2.45) is 0 Å². The second-order valence-electron chi connectivity index (χ2n) is 5.21. The van der Waals surface area contributed by atoms with E-state index in [9.17, 15) is 9.59 Å². The van der Waals surface area contributed by atoms with Crippen LogP contribution in [0.3, 0.4) is 0 Å². The Hall–Kier alpha value is -1.10. The topological polar surface area (TPSA) is 49.9 Å². The van der Waals surface area contributed by atoms with E-state index in [1.54, 1.807) is 0 Å². The summed E-state index contributed by atoms with van der Waals surface area (Å²) in [5, 5.41) is 0. The first-order chi connectivity index (χ1) is 9.13. The lowest BCUT2D eigenvalue weighted by Crippen LogP contribution is -2.41. The number of carbonyl (C=O) groups excluding carboxylic acids is 2. The average molecular weight is 270 g/mol. The van der Waals surface area contributed by atoms with Gasteiger partial charge in [-0.05, 0) is 19.9 Å². The zero-order chi connectivity index (χ0) is 14.1. The van der Waals surface area contributed by atoms with Crippen molar-refractivity contribution in [3.05, 3.63) is 0 Å². The molecule has 0 saturated carbocycles. The molecule has 0 aromatic carbocycles. The summed E-state index contributed by atoms with van der Waals surface area (Å²) in [6.07, 6.45) is 6.29. The Kier molecular flexibility index (Phi) is 7.48. The quantitative estimate of drug-likeness (QED) is 0.706. The van der Waals surface area contributed by atoms with Gasteiger partial charge in [0.1, 0.15) is 0 Å². The zero-order valence-electron chi connectivity index (χ0n) is 12.2. The molecule has 1 saturated heterocycles. The SMILES string of the molecule is COC(=O)CCN(C)CC(=O)N1CCCCCCC1. The molecule has 0 radical (unpaired) electrons. The molecule has 0 bridgehead atoms. The van der Waals surface area contributed by atoms with Crippen molar-refractivity contribution in [1.29, 1.82) is 0 Å². The van der Waals surface area contributed by atoms with E-state index in [-0.39, 0.29) is 11.9 Å². The van der Waals surface area contributed by atoms with E-state index in [1.807, 2.05) is 16.8 Å². The highest BCUT2D eigenvalue weighted by Crippen LogP contribution is 2.10. The molecule has 5 nitrogen and oxygen atoms in total. The molecule has 0 atom stereocenters. The molecule has 1 fully saturated rings. The van der Waals surface area contributed by atoms with Crippen LogP contribution in [0.15, 0.2) is 0 Å². The largest absolute Gasteiger partial charge is 0.469 e. The third kappa shape index (κ3) is 6.57. The van der Waals surface area contributed by atoms with Crippen LogP contribution in [0.25, 0.3) is 0 Å². The van der Waals surface area contributed by atoms with E-state index in [0.717, 1.165) is 25.9 Å². The Balaban J connectivity index is 2.29. The molecule has 0 spiro atoms. The molecular weight excluding hydrogens is 244 g/mol. The van der Waals surface area contributed by atoms with E-state index in [4.69, 9.17) is 0 Å². The minimum Gasteiger partial charge on any atom is -0.469 e. The number of methoxy groups -OCH3 is 1. The van der Waals surface area contributed by atoms with Crippen molar-refractivity contribution in [3.63, 3.8) is 0 Å². The van der Waals surface area contributed by atoms with Gasteiger partial charge in [-0.15, -0.1) is 0 Å². The van der Waals surface area contributed by atoms with Crippen molar-refractivity contribution in [1.82, 2.24) is 9.80 Å². The van der Waals surface area contributed by atoms with Crippen molar-refractivity contribution >= 4 is 11.9 Å². The Morgan fingerprint density at radius 1 is 1.11 bits per heavy atom. The molecule has 5 heteroatoms. The molecule has 110 valence electrons. The summed E-state index contributed by atoms with van der Waals surface area (Å²) in [5.41, 5.74) is 0. The standard InChI is InChI=1S/C14H26N2O3/c1-15(11-8-14(18)19-2)12-13(17)16-9-6-4-3-5-7-10-16/h3-12H2,1-2H3. The summed E-state index contributed by atoms with van der Waals surface area (Å²) in [6, 6.07) is 0. The van der Waals surface area contributed by atoms with Crippen LogP contribution >= 0.6 is 0 Å². The molecule has 1 heterocycles. The third-order valence-corrected chi connectivity index (χ3v) is 3.54. The molecule has 1 rings (SSSR count). The zero-order valence-corrected chi connectivity index (χ0v) is 12.2. The van der Waals surface area contributed by atoms with Crippen LogP contribution in [0.2, 0.25) is 0 Å². The van der Waals surface area contributed by atoms with Crippen molar-refractivity contribution in [2.45, 2.75) is 38.5 Å². The van der Waals surface area contributed by atoms with Gasteiger partial charge in [0, 0.05) is 19.6 Å². The van der Waals surface area contributed by atoms with Gasteiger partial charge in [-0.1, -0.05) is 19.3 Å². The Morgan fingerprint density at radius 2 is 1.68 bits per heavy atom. The highest BCUT2D eigenvalue weighted by molar-refractivity contribution is 5.78. The van der Waals surface area contributed by atoms with Gasteiger partial charge < -0.3 is 9.64 Å². The molecule has 19 heavy (non-hydrogen) atoms. The number of likely N-dealkylation sites (N-methyl/N-ethyl adjacent to an activating group) is 1. The highest BCUT2D eigenvalue weighted by Gasteiger charge is 2.16. The molecule has 1 amide bonds. The van der Waals surface area contributed by atoms with Crippen molar-refractivity contribution in [3.8, 4) is 0 Å². The summed E-state index contributed by atoms with van der Waals surface area (Å²) in [5.74, 6) is -0.0557. The lowest BCUT2D eigenvalue weighted by molar-refractivity contribution is -0.141. The van der Waals surface area contributed by atoms with Gasteiger partial charge in [0.05, 0.1) is 20.1 Å². The van der Waals surface area contributed by atoms with E-state index >= 15 is 0 Å². The second kappa shape index (κ2) is 8.91. The van der Waals surface area contributed by atoms with Gasteiger partial charge in [0.15, 0.2) is 0 Å². The lowest BCUT2D eigenvalue weighted by atomic mass is 10.1. The van der Waals surface area contributed by atoms with Crippen LogP contribution in [0, 0.1) is 0 Å². The summed E-state index contributed by atoms with van der Waals surface area (Å²) in [4.78, 5) is 27.1. The van der Waals surface area contributed by atoms with E-state index < -0.39 is 0 Å². The number of nitrogens with zero attached hydrogens (tertiary/aromatic N) is 2. The predicted molar refractivity (Wildman–Crippen MR) is 73.8 cm³/mol. The maximum Gasteiger partial charge on any atom is 0.306 e. The number of carbonyl (C=O) groups is 2. The highest BCUT2D eigenvalue weighted by atomic mass is 16.5. The molecule has 1 aliphatic rings. The fraction of sp³-hybridized carbons (Fsp3) is 0.857. The molecule has 0 aromatic heterocycles. The monoisotopic (exact) mass is 270 g/mol. The van der Waals surface area contributed by atoms with Crippen LogP contribution in [0.4, 0.5) is 0 Å². The van der Waals surface area contributed by atoms with Gasteiger partial charge in [0.2, 0.25) is 5.91 Å². The minimum absolute atomic E-state index is 0.175. The van der Waals surface area contributed by atoms with Crippen LogP contribution in [0.5, 0.6) is 0 Å². The van der Waals surface area contributed by atoms with Crippen molar-refractivity contribution < 1.29 is 14.3 Å². The predicted octanol–water partition coefficient (Wildman–Crippen LogP) is 1.27. The number of rotatable bonds is 5. The minimum atomic E-state index is -0.231. The third-order valence-electron chi connectivity index (χ3n) is 3.54. The van der Waals surface area contributed by atoms with Crippen molar-refractivity contribution in [2.75, 3.05) is 40.3 Å². The van der Waals surface area contributed by atoms with Crippen LogP contribution < -0.4 is 0 Å². The van der Waals surface area contributed by atoms with E-state index in [2.05, 4.69) is 4.74 Å². The summed E-state index contributed by atoms with van der Waals surface area (Å²) >= 11 is 0. The number of likely N-dealkylation sites (tertiary alicyclic amines) is 1. The van der Waals surface area contributed by atoms with Crippen LogP contribution in [-0.4, -0.2) is 62.0 Å². The van der Waals surface area contributed by atoms with E-state index in [0.29, 0.717) is 19.5 Å². The van der Waals surface area contributed by atoms with Crippen LogP contribution in [0.1, 0.15) is 38.5 Å². The molecule has 0 N–H and O–H groups in total. The summed E-state index contributed by atoms with van der Waals surface area (Å²) < 4.78 is 4.59. The first-order valence-electron chi connectivity index (χ1n) is 7.16. The first-order valence-corrected chi connectivity index (χ1v) is 7.16. The van der Waals surface area contributed by atoms with Gasteiger partial charge >= 0.3 is 5.97 Å². The van der Waals surface area contributed by atoms with Crippen LogP contribution in [-0.2, 0) is 14.3 Å². The summed E-state index contributed by atoms with van der Waals surface area (Å²) in [6.45, 7) is 2.70. The fourth-order valence-corrected chi connectivity index (χ4v) is 2.29. The molecule has 0 aliphatic carbocycles. The number of esters is 1. The molecule has 0 unspecified atom stereocenters. The Bertz CT molecular complexity index is 286. The number of hydrogen-bond donors (Lipinski definition) is 0. The first kappa shape index (κ1) is 16.0. The molecule has 1 aliphatic heterocycles. The maximum absolute atomic E-state index is 12.2. The lowest BCUT2D eigenvalue weighted by Gasteiger charge is -2.27. The van der Waals surface area contributed by atoms with E-state index in [1.165, 1.54) is 26.4 Å². The number of amides is 1. The molecular formula is C14H26N2O3. The Morgan fingerprint density at radius 3 is 2.26 bits per heavy atom. The maximum atomic E-state index is 12.2. The molecule has 0 aromatic rings. The summed E-state index contributed by atoms with van der Waals surface area (Å²) in [7, 11) is 3.25. The number of ether oxygens (including phenoxy) is 1. The average Bonchev–Trinajstić information content (AvgIpc) is 2.35. The Labute approximate surface area is 115 Å². The van der Waals surface area contributed by atoms with Gasteiger partial charge in [-0.2, -0.15) is 0 Å². The van der Waals surface area contributed by atoms with Gasteiger partial charge in [-0.25, -0.2) is 0 Å². The second-order valence-corrected chi connectivity index (χ2v) is 5.21. The van der Waals surface area contributed by atoms with Gasteiger partial charge in [-0.3, -0.25) is 14.5 Å². The normalized spacial score (nSPS) is 16.9. The van der Waals surface area contributed by atoms with Gasteiger partial charge in [0.25, 0.3) is 0 Å². The number of hydrogen-bond acceptors (Lipinski definition) is 4. The smallest absolute Gasteiger partial charge is 0.306 e. The fourth-order valence-electron chi connectivity index (χ4n) is 2.29.